The average Bonchev–Trinajstić information content (AvgIpc) is 3.18. The molecule has 3 heterocycles. The topological polar surface area (TPSA) is 108 Å². The summed E-state index contributed by atoms with van der Waals surface area (Å²) in [6, 6.07) is 0. The van der Waals surface area contributed by atoms with E-state index in [2.05, 4.69) is 13.8 Å². The van der Waals surface area contributed by atoms with Gasteiger partial charge in [0.25, 0.3) is 0 Å². The van der Waals surface area contributed by atoms with Gasteiger partial charge in [0.15, 0.2) is 0 Å². The van der Waals surface area contributed by atoms with Gasteiger partial charge in [-0.2, -0.15) is 0 Å². The first-order valence-corrected chi connectivity index (χ1v) is 10.7. The number of hydrogen-bond acceptors (Lipinski definition) is 8. The molecule has 1 N–H and O–H groups in total. The van der Waals surface area contributed by atoms with Gasteiger partial charge in [-0.25, -0.2) is 4.79 Å². The molecule has 0 amide bonds. The van der Waals surface area contributed by atoms with Crippen LogP contribution in [0.4, 0.5) is 0 Å². The number of hydrogen-bond donors (Lipinski definition) is 1. The van der Waals surface area contributed by atoms with E-state index in [1.54, 1.807) is 0 Å². The second-order valence-electron chi connectivity index (χ2n) is 10.1. The van der Waals surface area contributed by atoms with Crippen LogP contribution in [0.1, 0.15) is 53.4 Å². The molecule has 0 spiro atoms. The van der Waals surface area contributed by atoms with Crippen LogP contribution >= 0.6 is 0 Å². The maximum Gasteiger partial charge on any atom is 0.339 e. The van der Waals surface area contributed by atoms with Crippen molar-refractivity contribution < 1.29 is 38.4 Å². The molecule has 5 aliphatic rings. The summed E-state index contributed by atoms with van der Waals surface area (Å²) < 4.78 is 23.0. The molecule has 164 valence electrons. The van der Waals surface area contributed by atoms with E-state index in [1.165, 1.54) is 13.0 Å². The van der Waals surface area contributed by atoms with Gasteiger partial charge in [0.1, 0.15) is 12.2 Å². The lowest BCUT2D eigenvalue weighted by atomic mass is 9.43. The Bertz CT molecular complexity index is 865. The van der Waals surface area contributed by atoms with Gasteiger partial charge < -0.3 is 24.1 Å². The Hall–Kier alpha value is -1.93. The van der Waals surface area contributed by atoms with E-state index >= 15 is 0 Å². The van der Waals surface area contributed by atoms with Crippen LogP contribution in [0.2, 0.25) is 0 Å². The molecule has 8 nitrogen and oxygen atoms in total. The van der Waals surface area contributed by atoms with Crippen molar-refractivity contribution in [2.75, 3.05) is 0 Å². The first-order valence-electron chi connectivity index (χ1n) is 10.7. The smallest absolute Gasteiger partial charge is 0.339 e. The fourth-order valence-electron chi connectivity index (χ4n) is 7.30. The van der Waals surface area contributed by atoms with Crippen LogP contribution in [0.5, 0.6) is 0 Å². The normalized spacial score (nSPS) is 51.6. The van der Waals surface area contributed by atoms with Crippen LogP contribution in [0.3, 0.4) is 0 Å². The molecular weight excluding hydrogens is 392 g/mol. The van der Waals surface area contributed by atoms with Crippen molar-refractivity contribution in [3.63, 3.8) is 0 Å². The minimum absolute atomic E-state index is 0.171. The van der Waals surface area contributed by atoms with Gasteiger partial charge in [-0.05, 0) is 32.3 Å². The van der Waals surface area contributed by atoms with Crippen molar-refractivity contribution in [1.29, 1.82) is 0 Å². The molecule has 0 aromatic heterocycles. The Morgan fingerprint density at radius 1 is 1.17 bits per heavy atom. The molecule has 0 aromatic rings. The van der Waals surface area contributed by atoms with E-state index in [0.717, 1.165) is 0 Å². The monoisotopic (exact) mass is 420 g/mol. The number of fused-ring (bicyclic) bond motifs is 2. The van der Waals surface area contributed by atoms with E-state index in [4.69, 9.17) is 18.9 Å². The van der Waals surface area contributed by atoms with Crippen LogP contribution < -0.4 is 0 Å². The Morgan fingerprint density at radius 2 is 1.90 bits per heavy atom. The Labute approximate surface area is 174 Å². The first-order chi connectivity index (χ1) is 14.0. The molecule has 9 atom stereocenters. The summed E-state index contributed by atoms with van der Waals surface area (Å²) in [5.41, 5.74) is -1.34. The summed E-state index contributed by atoms with van der Waals surface area (Å²) in [6.07, 6.45) is 1.12. The third kappa shape index (κ3) is 2.37. The van der Waals surface area contributed by atoms with E-state index in [9.17, 15) is 19.5 Å². The molecule has 0 bridgehead atoms. The van der Waals surface area contributed by atoms with Crippen molar-refractivity contribution in [2.24, 2.45) is 22.7 Å². The third-order valence-electron chi connectivity index (χ3n) is 8.70. The molecule has 3 aliphatic heterocycles. The first kappa shape index (κ1) is 20.0. The summed E-state index contributed by atoms with van der Waals surface area (Å²) in [4.78, 5) is 36.9. The van der Waals surface area contributed by atoms with Crippen LogP contribution in [-0.4, -0.2) is 53.2 Å². The van der Waals surface area contributed by atoms with E-state index in [1.807, 2.05) is 6.92 Å². The number of ether oxygens (including phenoxy) is 4. The minimum Gasteiger partial charge on any atom is -0.462 e. The maximum absolute atomic E-state index is 12.7. The highest BCUT2D eigenvalue weighted by molar-refractivity contribution is 5.92. The standard InChI is InChI=1S/C22H28O8/c1-10(23)27-13-6-5-12-19(26)28-15-9-21(3)20(2,17(13)22(12,15)4)8-14(30-21)11-7-16(24)29-18(11)25/h7,12-17,24H,5-6,8-9H2,1-4H3/t12-,13-,14-,15-,16?,17+,20+,21-,22-/m0/s1. The van der Waals surface area contributed by atoms with E-state index in [-0.39, 0.29) is 36.0 Å². The van der Waals surface area contributed by atoms with Gasteiger partial charge in [-0.1, -0.05) is 13.8 Å². The average molecular weight is 420 g/mol. The SMILES string of the molecule is CC(=O)O[C@H]1CC[C@H]2C(=O)O[C@H]3C[C@]4(C)O[C@H](C5=CC(O)OC5=O)C[C@]4(C)[C@@H]1[C@]32C. The summed E-state index contributed by atoms with van der Waals surface area (Å²) in [5.74, 6) is -1.51. The summed E-state index contributed by atoms with van der Waals surface area (Å²) in [5, 5.41) is 9.71. The molecule has 0 radical (unpaired) electrons. The van der Waals surface area contributed by atoms with Gasteiger partial charge in [-0.15, -0.1) is 0 Å². The zero-order valence-electron chi connectivity index (χ0n) is 17.7. The molecule has 1 unspecified atom stereocenters. The number of aliphatic hydroxyl groups excluding tert-OH is 1. The zero-order chi connectivity index (χ0) is 21.6. The Balaban J connectivity index is 1.59. The van der Waals surface area contributed by atoms with Crippen LogP contribution in [0, 0.1) is 22.7 Å². The van der Waals surface area contributed by atoms with Gasteiger partial charge >= 0.3 is 17.9 Å². The number of aliphatic hydroxyl groups is 1. The van der Waals surface area contributed by atoms with Gasteiger partial charge in [-0.3, -0.25) is 9.59 Å². The van der Waals surface area contributed by atoms with Gasteiger partial charge in [0, 0.05) is 30.1 Å². The van der Waals surface area contributed by atoms with Crippen molar-refractivity contribution in [3.05, 3.63) is 11.6 Å². The highest BCUT2D eigenvalue weighted by atomic mass is 16.6. The summed E-state index contributed by atoms with van der Waals surface area (Å²) in [7, 11) is 0. The molecule has 5 rings (SSSR count). The fraction of sp³-hybridized carbons (Fsp3) is 0.773. The maximum atomic E-state index is 12.7. The van der Waals surface area contributed by atoms with Crippen molar-refractivity contribution >= 4 is 17.9 Å². The highest BCUT2D eigenvalue weighted by Crippen LogP contribution is 2.71. The lowest BCUT2D eigenvalue weighted by Crippen LogP contribution is -2.66. The molecule has 0 aromatic carbocycles. The quantitative estimate of drug-likeness (QED) is 0.531. The third-order valence-corrected chi connectivity index (χ3v) is 8.70. The Morgan fingerprint density at radius 3 is 2.53 bits per heavy atom. The van der Waals surface area contributed by atoms with Crippen molar-refractivity contribution in [3.8, 4) is 0 Å². The number of rotatable bonds is 2. The highest BCUT2D eigenvalue weighted by Gasteiger charge is 2.76. The minimum atomic E-state index is -1.26. The zero-order valence-corrected chi connectivity index (χ0v) is 17.7. The van der Waals surface area contributed by atoms with E-state index in [0.29, 0.717) is 31.3 Å². The molecular formula is C22H28O8. The summed E-state index contributed by atoms with van der Waals surface area (Å²) >= 11 is 0. The van der Waals surface area contributed by atoms with Crippen molar-refractivity contribution in [1.82, 2.24) is 0 Å². The second-order valence-corrected chi connectivity index (χ2v) is 10.1. The predicted molar refractivity (Wildman–Crippen MR) is 101 cm³/mol. The lowest BCUT2D eigenvalue weighted by Gasteiger charge is -2.61. The van der Waals surface area contributed by atoms with Gasteiger partial charge in [0.05, 0.1) is 23.2 Å². The number of esters is 3. The second kappa shape index (κ2) is 6.07. The Kier molecular flexibility index (Phi) is 4.04. The van der Waals surface area contributed by atoms with Crippen molar-refractivity contribution in [2.45, 2.75) is 83.6 Å². The number of carbonyl (C=O) groups is 3. The molecule has 2 saturated carbocycles. The largest absolute Gasteiger partial charge is 0.462 e. The summed E-state index contributed by atoms with van der Waals surface area (Å²) in [6.45, 7) is 7.59. The van der Waals surface area contributed by atoms with Gasteiger partial charge in [0.2, 0.25) is 6.29 Å². The lowest BCUT2D eigenvalue weighted by molar-refractivity contribution is -0.228. The molecule has 2 aliphatic carbocycles. The number of carbonyl (C=O) groups excluding carboxylic acids is 3. The number of cyclic esters (lactones) is 1. The molecule has 30 heavy (non-hydrogen) atoms. The fourth-order valence-corrected chi connectivity index (χ4v) is 7.30. The van der Waals surface area contributed by atoms with Crippen LogP contribution in [0.25, 0.3) is 0 Å². The van der Waals surface area contributed by atoms with Crippen LogP contribution in [-0.2, 0) is 33.3 Å². The molecule has 2 saturated heterocycles. The molecule has 4 fully saturated rings. The molecule has 8 heteroatoms. The van der Waals surface area contributed by atoms with Crippen LogP contribution in [0.15, 0.2) is 11.6 Å². The van der Waals surface area contributed by atoms with E-state index < -0.39 is 34.8 Å². The predicted octanol–water partition coefficient (Wildman–Crippen LogP) is 1.64.